The summed E-state index contributed by atoms with van der Waals surface area (Å²) in [4.78, 5) is 11.8. The van der Waals surface area contributed by atoms with Crippen molar-refractivity contribution >= 4 is 24.1 Å². The minimum Gasteiger partial charge on any atom is -0.389 e. The van der Waals surface area contributed by atoms with Gasteiger partial charge in [0.05, 0.1) is 18.2 Å². The molecular formula is C13H25ClN4O2. The summed E-state index contributed by atoms with van der Waals surface area (Å²) in [6.07, 6.45) is 2.35. The molecule has 1 aromatic rings. The third-order valence-corrected chi connectivity index (χ3v) is 2.50. The van der Waals surface area contributed by atoms with Crippen LogP contribution in [0.25, 0.3) is 0 Å². The SMILES string of the molecule is CC(C)C[C@H](N)C(=O)Nc1ccn(CC(C)(C)O)n1.Cl. The van der Waals surface area contributed by atoms with Gasteiger partial charge in [0, 0.05) is 12.3 Å². The number of halogens is 1. The largest absolute Gasteiger partial charge is 0.389 e. The number of rotatable bonds is 6. The van der Waals surface area contributed by atoms with Crippen LogP contribution in [0.4, 0.5) is 5.82 Å². The first kappa shape index (κ1) is 18.9. The van der Waals surface area contributed by atoms with Gasteiger partial charge in [-0.1, -0.05) is 13.8 Å². The van der Waals surface area contributed by atoms with Gasteiger partial charge in [-0.15, -0.1) is 12.4 Å². The number of carbonyl (C=O) groups is 1. The first-order chi connectivity index (χ1) is 8.67. The zero-order valence-corrected chi connectivity index (χ0v) is 13.3. The third-order valence-electron chi connectivity index (χ3n) is 2.50. The normalized spacial score (nSPS) is 12.9. The summed E-state index contributed by atoms with van der Waals surface area (Å²) in [6, 6.07) is 1.16. The second-order valence-electron chi connectivity index (χ2n) is 5.94. The van der Waals surface area contributed by atoms with Crippen molar-refractivity contribution < 1.29 is 9.90 Å². The van der Waals surface area contributed by atoms with Crippen molar-refractivity contribution in [2.24, 2.45) is 11.7 Å². The number of carbonyl (C=O) groups excluding carboxylic acids is 1. The molecule has 1 aromatic heterocycles. The summed E-state index contributed by atoms with van der Waals surface area (Å²) in [5, 5.41) is 16.5. The molecular weight excluding hydrogens is 280 g/mol. The van der Waals surface area contributed by atoms with E-state index in [1.807, 2.05) is 13.8 Å². The third kappa shape index (κ3) is 6.88. The van der Waals surface area contributed by atoms with Crippen LogP contribution in [0.5, 0.6) is 0 Å². The van der Waals surface area contributed by atoms with Crippen LogP contribution in [0.2, 0.25) is 0 Å². The highest BCUT2D eigenvalue weighted by Gasteiger charge is 2.17. The summed E-state index contributed by atoms with van der Waals surface area (Å²) < 4.78 is 1.59. The minimum atomic E-state index is -0.846. The quantitative estimate of drug-likeness (QED) is 0.740. The van der Waals surface area contributed by atoms with E-state index in [4.69, 9.17) is 5.73 Å². The van der Waals surface area contributed by atoms with Gasteiger partial charge in [-0.3, -0.25) is 9.48 Å². The second-order valence-corrected chi connectivity index (χ2v) is 5.94. The lowest BCUT2D eigenvalue weighted by Crippen LogP contribution is -2.36. The maximum Gasteiger partial charge on any atom is 0.242 e. The summed E-state index contributed by atoms with van der Waals surface area (Å²) in [6.45, 7) is 7.80. The van der Waals surface area contributed by atoms with Gasteiger partial charge in [-0.05, 0) is 26.2 Å². The first-order valence-corrected chi connectivity index (χ1v) is 6.49. The molecule has 0 bridgehead atoms. The Balaban J connectivity index is 0.00000361. The molecule has 116 valence electrons. The van der Waals surface area contributed by atoms with Gasteiger partial charge in [0.25, 0.3) is 0 Å². The molecule has 1 atom stereocenters. The van der Waals surface area contributed by atoms with Gasteiger partial charge in [-0.2, -0.15) is 5.10 Å². The van der Waals surface area contributed by atoms with Crippen LogP contribution in [-0.4, -0.2) is 32.4 Å². The number of nitrogens with two attached hydrogens (primary N) is 1. The molecule has 0 saturated heterocycles. The molecule has 1 heterocycles. The van der Waals surface area contributed by atoms with Gasteiger partial charge in [0.15, 0.2) is 5.82 Å². The fourth-order valence-corrected chi connectivity index (χ4v) is 1.75. The van der Waals surface area contributed by atoms with E-state index in [0.717, 1.165) is 0 Å². The second kappa shape index (κ2) is 7.61. The average molecular weight is 305 g/mol. The highest BCUT2D eigenvalue weighted by atomic mass is 35.5. The zero-order chi connectivity index (χ0) is 14.6. The fraction of sp³-hybridized carbons (Fsp3) is 0.692. The van der Waals surface area contributed by atoms with Crippen molar-refractivity contribution in [2.45, 2.75) is 52.3 Å². The lowest BCUT2D eigenvalue weighted by molar-refractivity contribution is -0.117. The summed E-state index contributed by atoms with van der Waals surface area (Å²) in [7, 11) is 0. The maximum atomic E-state index is 11.8. The highest BCUT2D eigenvalue weighted by molar-refractivity contribution is 5.93. The topological polar surface area (TPSA) is 93.2 Å². The van der Waals surface area contributed by atoms with Crippen LogP contribution in [0.15, 0.2) is 12.3 Å². The molecule has 6 nitrogen and oxygen atoms in total. The predicted octanol–water partition coefficient (Wildman–Crippen LogP) is 1.39. The number of aliphatic hydroxyl groups is 1. The number of hydrogen-bond donors (Lipinski definition) is 3. The Bertz CT molecular complexity index is 426. The van der Waals surface area contributed by atoms with Crippen molar-refractivity contribution in [1.29, 1.82) is 0 Å². The van der Waals surface area contributed by atoms with Crippen molar-refractivity contribution in [2.75, 3.05) is 5.32 Å². The molecule has 0 aliphatic heterocycles. The number of aromatic nitrogens is 2. The van der Waals surface area contributed by atoms with E-state index < -0.39 is 11.6 Å². The van der Waals surface area contributed by atoms with Crippen molar-refractivity contribution in [1.82, 2.24) is 9.78 Å². The Morgan fingerprint density at radius 2 is 2.15 bits per heavy atom. The van der Waals surface area contributed by atoms with Crippen LogP contribution in [-0.2, 0) is 11.3 Å². The number of nitrogens with one attached hydrogen (secondary N) is 1. The summed E-state index contributed by atoms with van der Waals surface area (Å²) in [5.74, 6) is 0.587. The van der Waals surface area contributed by atoms with E-state index in [1.165, 1.54) is 0 Å². The first-order valence-electron chi connectivity index (χ1n) is 6.49. The van der Waals surface area contributed by atoms with Crippen LogP contribution < -0.4 is 11.1 Å². The number of hydrogen-bond acceptors (Lipinski definition) is 4. The van der Waals surface area contributed by atoms with Gasteiger partial charge in [-0.25, -0.2) is 0 Å². The van der Waals surface area contributed by atoms with Crippen molar-refractivity contribution in [3.63, 3.8) is 0 Å². The minimum absolute atomic E-state index is 0. The van der Waals surface area contributed by atoms with Crippen molar-refractivity contribution in [3.05, 3.63) is 12.3 Å². The van der Waals surface area contributed by atoms with E-state index in [0.29, 0.717) is 24.7 Å². The molecule has 0 aromatic carbocycles. The highest BCUT2D eigenvalue weighted by Crippen LogP contribution is 2.10. The lowest BCUT2D eigenvalue weighted by Gasteiger charge is -2.16. The van der Waals surface area contributed by atoms with Gasteiger partial charge >= 0.3 is 0 Å². The monoisotopic (exact) mass is 304 g/mol. The Morgan fingerprint density at radius 3 is 2.65 bits per heavy atom. The molecule has 0 saturated carbocycles. The lowest BCUT2D eigenvalue weighted by atomic mass is 10.0. The number of anilines is 1. The summed E-state index contributed by atoms with van der Waals surface area (Å²) >= 11 is 0. The van der Waals surface area contributed by atoms with Crippen LogP contribution in [0, 0.1) is 5.92 Å². The molecule has 1 amide bonds. The molecule has 0 spiro atoms. The van der Waals surface area contributed by atoms with Gasteiger partial charge in [0.1, 0.15) is 0 Å². The van der Waals surface area contributed by atoms with Gasteiger partial charge in [0.2, 0.25) is 5.91 Å². The Labute approximate surface area is 126 Å². The van der Waals surface area contributed by atoms with E-state index in [-0.39, 0.29) is 18.3 Å². The molecule has 20 heavy (non-hydrogen) atoms. The van der Waals surface area contributed by atoms with Crippen LogP contribution in [0.1, 0.15) is 34.1 Å². The standard InChI is InChI=1S/C13H24N4O2.ClH/c1-9(2)7-10(14)12(18)15-11-5-6-17(16-11)8-13(3,4)19;/h5-6,9-10,19H,7-8,14H2,1-4H3,(H,15,16,18);1H/t10-;/m0./s1. The Hall–Kier alpha value is -1.11. The van der Waals surface area contributed by atoms with Crippen LogP contribution >= 0.6 is 12.4 Å². The van der Waals surface area contributed by atoms with Gasteiger partial charge < -0.3 is 16.2 Å². The average Bonchev–Trinajstić information content (AvgIpc) is 2.61. The van der Waals surface area contributed by atoms with Crippen LogP contribution in [0.3, 0.4) is 0 Å². The molecule has 4 N–H and O–H groups in total. The fourth-order valence-electron chi connectivity index (χ4n) is 1.75. The number of amides is 1. The molecule has 7 heteroatoms. The Kier molecular flexibility index (Phi) is 7.19. The van der Waals surface area contributed by atoms with E-state index in [2.05, 4.69) is 10.4 Å². The molecule has 0 radical (unpaired) electrons. The predicted molar refractivity (Wildman–Crippen MR) is 81.8 cm³/mol. The van der Waals surface area contributed by atoms with E-state index in [9.17, 15) is 9.90 Å². The zero-order valence-electron chi connectivity index (χ0n) is 12.5. The molecule has 0 aliphatic rings. The van der Waals surface area contributed by atoms with E-state index >= 15 is 0 Å². The smallest absolute Gasteiger partial charge is 0.242 e. The Morgan fingerprint density at radius 1 is 1.55 bits per heavy atom. The summed E-state index contributed by atoms with van der Waals surface area (Å²) in [5.41, 5.74) is 4.94. The molecule has 0 unspecified atom stereocenters. The maximum absolute atomic E-state index is 11.8. The molecule has 0 aliphatic carbocycles. The molecule has 0 fully saturated rings. The van der Waals surface area contributed by atoms with E-state index in [1.54, 1.807) is 30.8 Å². The molecule has 1 rings (SSSR count). The number of nitrogens with zero attached hydrogens (tertiary/aromatic N) is 2. The van der Waals surface area contributed by atoms with Crippen molar-refractivity contribution in [3.8, 4) is 0 Å².